The number of ketones is 1. The predicted molar refractivity (Wildman–Crippen MR) is 202 cm³/mol. The Balaban J connectivity index is 1.35. The smallest absolute Gasteiger partial charge is 0.239 e. The third-order valence-electron chi connectivity index (χ3n) is 10.5. The van der Waals surface area contributed by atoms with Crippen molar-refractivity contribution in [3.05, 3.63) is 136 Å². The van der Waals surface area contributed by atoms with E-state index in [0.29, 0.717) is 42.9 Å². The van der Waals surface area contributed by atoms with Crippen molar-refractivity contribution in [1.29, 1.82) is 0 Å². The van der Waals surface area contributed by atoms with Gasteiger partial charge in [-0.15, -0.1) is 0 Å². The Morgan fingerprint density at radius 1 is 0.882 bits per heavy atom. The van der Waals surface area contributed by atoms with E-state index in [1.54, 1.807) is 14.2 Å². The van der Waals surface area contributed by atoms with Crippen LogP contribution < -0.4 is 14.4 Å². The monoisotopic (exact) mass is 697 g/mol. The number of nitrogens with one attached hydrogen (secondary N) is 1. The summed E-state index contributed by atoms with van der Waals surface area (Å²) in [5.74, 6) is 0.826. The number of hydrogen-bond acceptors (Lipinski definition) is 4. The zero-order chi connectivity index (χ0) is 35.4. The van der Waals surface area contributed by atoms with Crippen molar-refractivity contribution in [1.82, 2.24) is 9.55 Å². The minimum absolute atomic E-state index is 0.0628. The van der Waals surface area contributed by atoms with E-state index in [0.717, 1.165) is 67.3 Å². The number of amides is 1. The molecule has 8 rings (SSSR count). The molecule has 6 aromatic rings. The van der Waals surface area contributed by atoms with E-state index in [2.05, 4.69) is 35.7 Å². The van der Waals surface area contributed by atoms with Gasteiger partial charge in [0.05, 0.1) is 32.4 Å². The third kappa shape index (κ3) is 5.79. The number of H-pyrrole nitrogens is 1. The molecule has 3 heterocycles. The van der Waals surface area contributed by atoms with Crippen LogP contribution in [-0.4, -0.2) is 35.5 Å². The van der Waals surface area contributed by atoms with Crippen LogP contribution >= 0.6 is 11.6 Å². The molecular formula is C43H40ClN3O4. The lowest BCUT2D eigenvalue weighted by Gasteiger charge is -2.30. The molecule has 0 radical (unpaired) electrons. The number of nitrogens with zero attached hydrogens (tertiary/aromatic N) is 2. The van der Waals surface area contributed by atoms with Crippen LogP contribution in [0.2, 0.25) is 5.02 Å². The van der Waals surface area contributed by atoms with Crippen LogP contribution in [0.5, 0.6) is 11.5 Å². The molecule has 258 valence electrons. The number of aryl methyl sites for hydroxylation is 1. The van der Waals surface area contributed by atoms with Crippen molar-refractivity contribution in [3.8, 4) is 22.8 Å². The molecule has 1 aliphatic carbocycles. The second-order valence-corrected chi connectivity index (χ2v) is 14.9. The lowest BCUT2D eigenvalue weighted by atomic mass is 9.74. The van der Waals surface area contributed by atoms with Crippen LogP contribution in [-0.2, 0) is 30.7 Å². The first-order chi connectivity index (χ1) is 24.7. The van der Waals surface area contributed by atoms with E-state index >= 15 is 0 Å². The SMILES string of the molecule is COc1ccc(-c2c(C3C(=O)N(Cc4ccccc4)c4ccc(Cl)cc43)c3c(n2CCc2c[nH]c4ccc(OC)cc24)CC(C)(C)CC3=O)cc1. The fourth-order valence-corrected chi connectivity index (χ4v) is 8.33. The van der Waals surface area contributed by atoms with Gasteiger partial charge in [-0.25, -0.2) is 0 Å². The number of carbonyl (C=O) groups excluding carboxylic acids is 2. The van der Waals surface area contributed by atoms with Gasteiger partial charge in [0.1, 0.15) is 11.5 Å². The maximum absolute atomic E-state index is 15.0. The molecule has 4 aromatic carbocycles. The molecule has 1 N–H and O–H groups in total. The van der Waals surface area contributed by atoms with Crippen molar-refractivity contribution >= 4 is 39.9 Å². The van der Waals surface area contributed by atoms with E-state index in [1.165, 1.54) is 0 Å². The molecule has 0 fully saturated rings. The summed E-state index contributed by atoms with van der Waals surface area (Å²) >= 11 is 6.68. The first-order valence-electron chi connectivity index (χ1n) is 17.4. The number of methoxy groups -OCH3 is 2. The maximum Gasteiger partial charge on any atom is 0.239 e. The van der Waals surface area contributed by atoms with E-state index < -0.39 is 5.92 Å². The highest BCUT2D eigenvalue weighted by Gasteiger charge is 2.46. The molecule has 0 bridgehead atoms. The summed E-state index contributed by atoms with van der Waals surface area (Å²) < 4.78 is 13.4. The molecule has 0 saturated carbocycles. The molecule has 1 unspecified atom stereocenters. The molecule has 1 aliphatic heterocycles. The van der Waals surface area contributed by atoms with Crippen LogP contribution in [0.4, 0.5) is 5.69 Å². The highest BCUT2D eigenvalue weighted by atomic mass is 35.5. The van der Waals surface area contributed by atoms with E-state index in [4.69, 9.17) is 21.1 Å². The van der Waals surface area contributed by atoms with Crippen LogP contribution in [0.15, 0.2) is 97.2 Å². The number of fused-ring (bicyclic) bond motifs is 3. The molecule has 51 heavy (non-hydrogen) atoms. The van der Waals surface area contributed by atoms with Crippen molar-refractivity contribution in [2.45, 2.75) is 52.1 Å². The summed E-state index contributed by atoms with van der Waals surface area (Å²) in [5, 5.41) is 1.65. The lowest BCUT2D eigenvalue weighted by molar-refractivity contribution is -0.118. The highest BCUT2D eigenvalue weighted by molar-refractivity contribution is 6.31. The summed E-state index contributed by atoms with van der Waals surface area (Å²) in [6, 6.07) is 29.7. The summed E-state index contributed by atoms with van der Waals surface area (Å²) in [6.45, 7) is 5.33. The molecule has 1 atom stereocenters. The second-order valence-electron chi connectivity index (χ2n) is 14.4. The maximum atomic E-state index is 15.0. The van der Waals surface area contributed by atoms with Gasteiger partial charge in [-0.1, -0.05) is 55.8 Å². The zero-order valence-corrected chi connectivity index (χ0v) is 30.0. The molecular weight excluding hydrogens is 658 g/mol. The Labute approximate surface area is 302 Å². The first-order valence-corrected chi connectivity index (χ1v) is 17.7. The minimum atomic E-state index is -0.711. The predicted octanol–water partition coefficient (Wildman–Crippen LogP) is 9.38. The average Bonchev–Trinajstić information content (AvgIpc) is 3.75. The molecule has 2 aromatic heterocycles. The number of carbonyl (C=O) groups is 2. The average molecular weight is 698 g/mol. The van der Waals surface area contributed by atoms with Crippen LogP contribution in [0, 0.1) is 5.41 Å². The van der Waals surface area contributed by atoms with Crippen molar-refractivity contribution in [2.75, 3.05) is 19.1 Å². The molecule has 8 heteroatoms. The van der Waals surface area contributed by atoms with Gasteiger partial charge in [-0.2, -0.15) is 0 Å². The topological polar surface area (TPSA) is 76.6 Å². The standard InChI is InChI=1S/C43H40ClN3O4/c1-43(2)22-36-39(37(48)23-43)40(38-33-20-29(44)12-17-35(33)47(42(38)49)25-26-8-6-5-7-9-26)41(27-10-13-30(50-3)14-11-27)46(36)19-18-28-24-45-34-16-15-31(51-4)21-32(28)34/h5-17,20-21,24,38,45H,18-19,22-23,25H2,1-4H3. The number of aromatic nitrogens is 2. The number of benzene rings is 4. The van der Waals surface area contributed by atoms with E-state index in [-0.39, 0.29) is 17.1 Å². The number of hydrogen-bond donors (Lipinski definition) is 1. The first kappa shape index (κ1) is 32.9. The fraction of sp³-hybridized carbons (Fsp3) is 0.256. The van der Waals surface area contributed by atoms with Gasteiger partial charge >= 0.3 is 0 Å². The van der Waals surface area contributed by atoms with Crippen LogP contribution in [0.25, 0.3) is 22.2 Å². The number of aromatic amines is 1. The van der Waals surface area contributed by atoms with Crippen molar-refractivity contribution in [3.63, 3.8) is 0 Å². The number of ether oxygens (including phenoxy) is 2. The second kappa shape index (κ2) is 12.8. The van der Waals surface area contributed by atoms with E-state index in [9.17, 15) is 9.59 Å². The zero-order valence-electron chi connectivity index (χ0n) is 29.3. The van der Waals surface area contributed by atoms with Gasteiger partial charge in [0.25, 0.3) is 0 Å². The Morgan fingerprint density at radius 3 is 2.37 bits per heavy atom. The Morgan fingerprint density at radius 2 is 1.63 bits per heavy atom. The molecule has 1 amide bonds. The van der Waals surface area contributed by atoms with Gasteiger partial charge in [0.15, 0.2) is 5.78 Å². The van der Waals surface area contributed by atoms with Crippen molar-refractivity contribution in [2.24, 2.45) is 5.41 Å². The number of anilines is 1. The molecule has 0 spiro atoms. The van der Waals surface area contributed by atoms with Crippen molar-refractivity contribution < 1.29 is 19.1 Å². The summed E-state index contributed by atoms with van der Waals surface area (Å²) in [6.07, 6.45) is 3.87. The van der Waals surface area contributed by atoms with E-state index in [1.807, 2.05) is 89.8 Å². The quantitative estimate of drug-likeness (QED) is 0.163. The molecule has 7 nitrogen and oxygen atoms in total. The highest BCUT2D eigenvalue weighted by Crippen LogP contribution is 2.51. The van der Waals surface area contributed by atoms with Gasteiger partial charge in [-0.05, 0) is 101 Å². The largest absolute Gasteiger partial charge is 0.497 e. The minimum Gasteiger partial charge on any atom is -0.497 e. The summed E-state index contributed by atoms with van der Waals surface area (Å²) in [4.78, 5) is 34.7. The Kier molecular flexibility index (Phi) is 8.26. The molecule has 2 aliphatic rings. The third-order valence-corrected chi connectivity index (χ3v) is 10.7. The molecule has 0 saturated heterocycles. The van der Waals surface area contributed by atoms with Gasteiger partial charge < -0.3 is 23.9 Å². The Hall–Kier alpha value is -5.27. The summed E-state index contributed by atoms with van der Waals surface area (Å²) in [7, 11) is 3.33. The lowest BCUT2D eigenvalue weighted by Crippen LogP contribution is -2.31. The van der Waals surface area contributed by atoms with Gasteiger partial charge in [-0.3, -0.25) is 9.59 Å². The van der Waals surface area contributed by atoms with Gasteiger partial charge in [0, 0.05) is 57.6 Å². The Bertz CT molecular complexity index is 2300. The number of Topliss-reactive ketones (excluding diaryl/α,β-unsaturated/α-hetero) is 1. The normalized spacial score (nSPS) is 16.4. The van der Waals surface area contributed by atoms with Crippen LogP contribution in [0.1, 0.15) is 64.5 Å². The number of rotatable bonds is 9. The fourth-order valence-electron chi connectivity index (χ4n) is 8.15. The number of halogens is 1. The summed E-state index contributed by atoms with van der Waals surface area (Å²) in [5.41, 5.74) is 8.82. The van der Waals surface area contributed by atoms with Crippen LogP contribution in [0.3, 0.4) is 0 Å². The van der Waals surface area contributed by atoms with Gasteiger partial charge in [0.2, 0.25) is 5.91 Å².